The van der Waals surface area contributed by atoms with E-state index in [0.29, 0.717) is 21.0 Å². The van der Waals surface area contributed by atoms with E-state index in [2.05, 4.69) is 38.4 Å². The standard InChI is InChI=1S/C19H16IN3O3S2/c1-10(22-23-19(26)15-8-7-14(28-15)18(25)21-2)13-9-27-17(16(13)24)11-3-5-12(20)6-4-11/h3-9,24H,1-2H3,(H,21,25)(H,23,26)/b22-10+. The first-order valence-electron chi connectivity index (χ1n) is 8.14. The van der Waals surface area contributed by atoms with Crippen LogP contribution in [0, 0.1) is 3.57 Å². The van der Waals surface area contributed by atoms with Crippen LogP contribution >= 0.6 is 45.3 Å². The van der Waals surface area contributed by atoms with Crippen LogP contribution in [0.3, 0.4) is 0 Å². The van der Waals surface area contributed by atoms with Crippen LogP contribution in [0.1, 0.15) is 31.8 Å². The topological polar surface area (TPSA) is 90.8 Å². The lowest BCUT2D eigenvalue weighted by atomic mass is 10.1. The molecule has 144 valence electrons. The van der Waals surface area contributed by atoms with Gasteiger partial charge < -0.3 is 10.4 Å². The highest BCUT2D eigenvalue weighted by atomic mass is 127. The van der Waals surface area contributed by atoms with Crippen molar-refractivity contribution < 1.29 is 14.7 Å². The molecule has 0 aliphatic heterocycles. The maximum absolute atomic E-state index is 12.2. The van der Waals surface area contributed by atoms with Crippen molar-refractivity contribution in [3.05, 3.63) is 60.7 Å². The van der Waals surface area contributed by atoms with Crippen molar-refractivity contribution in [3.8, 4) is 16.2 Å². The van der Waals surface area contributed by atoms with Crippen molar-refractivity contribution in [2.75, 3.05) is 7.05 Å². The highest BCUT2D eigenvalue weighted by molar-refractivity contribution is 14.1. The van der Waals surface area contributed by atoms with E-state index in [9.17, 15) is 14.7 Å². The van der Waals surface area contributed by atoms with Crippen LogP contribution in [0.4, 0.5) is 0 Å². The number of hydrazone groups is 1. The van der Waals surface area contributed by atoms with Crippen LogP contribution < -0.4 is 10.7 Å². The van der Waals surface area contributed by atoms with E-state index >= 15 is 0 Å². The second-order valence-corrected chi connectivity index (χ2v) is 8.92. The van der Waals surface area contributed by atoms with Crippen molar-refractivity contribution in [1.29, 1.82) is 0 Å². The number of rotatable bonds is 5. The summed E-state index contributed by atoms with van der Waals surface area (Å²) < 4.78 is 1.12. The number of halogens is 1. The summed E-state index contributed by atoms with van der Waals surface area (Å²) in [6.45, 7) is 1.71. The zero-order valence-corrected chi connectivity index (χ0v) is 18.7. The third kappa shape index (κ3) is 4.42. The average Bonchev–Trinajstić information content (AvgIpc) is 3.33. The summed E-state index contributed by atoms with van der Waals surface area (Å²) >= 11 is 4.73. The Hall–Kier alpha value is -2.24. The van der Waals surface area contributed by atoms with Gasteiger partial charge in [0.2, 0.25) is 0 Å². The van der Waals surface area contributed by atoms with Gasteiger partial charge in [0.05, 0.1) is 25.9 Å². The van der Waals surface area contributed by atoms with Gasteiger partial charge in [-0.3, -0.25) is 9.59 Å². The zero-order chi connectivity index (χ0) is 20.3. The van der Waals surface area contributed by atoms with E-state index in [-0.39, 0.29) is 11.7 Å². The van der Waals surface area contributed by atoms with Crippen LogP contribution in [0.2, 0.25) is 0 Å². The third-order valence-electron chi connectivity index (χ3n) is 3.87. The third-order valence-corrected chi connectivity index (χ3v) is 6.69. The van der Waals surface area contributed by atoms with Crippen LogP contribution in [-0.2, 0) is 0 Å². The number of nitrogens with zero attached hydrogens (tertiary/aromatic N) is 1. The fraction of sp³-hybridized carbons (Fsp3) is 0.105. The van der Waals surface area contributed by atoms with Crippen molar-refractivity contribution in [1.82, 2.24) is 10.7 Å². The minimum Gasteiger partial charge on any atom is -0.506 e. The van der Waals surface area contributed by atoms with E-state index in [0.717, 1.165) is 25.3 Å². The molecule has 3 rings (SSSR count). The van der Waals surface area contributed by atoms with E-state index < -0.39 is 5.91 Å². The van der Waals surface area contributed by atoms with Gasteiger partial charge in [-0.05, 0) is 59.3 Å². The fourth-order valence-electron chi connectivity index (χ4n) is 2.37. The maximum atomic E-state index is 12.2. The molecular weight excluding hydrogens is 509 g/mol. The highest BCUT2D eigenvalue weighted by Gasteiger charge is 2.16. The smallest absolute Gasteiger partial charge is 0.281 e. The largest absolute Gasteiger partial charge is 0.506 e. The number of nitrogens with one attached hydrogen (secondary N) is 2. The lowest BCUT2D eigenvalue weighted by Crippen LogP contribution is -2.18. The molecule has 6 nitrogen and oxygen atoms in total. The van der Waals surface area contributed by atoms with Crippen molar-refractivity contribution in [2.45, 2.75) is 6.92 Å². The van der Waals surface area contributed by atoms with Gasteiger partial charge in [0.25, 0.3) is 11.8 Å². The highest BCUT2D eigenvalue weighted by Crippen LogP contribution is 2.38. The number of amides is 2. The fourth-order valence-corrected chi connectivity index (χ4v) is 4.58. The summed E-state index contributed by atoms with van der Waals surface area (Å²) in [5.74, 6) is -0.512. The van der Waals surface area contributed by atoms with E-state index in [1.54, 1.807) is 19.1 Å². The first-order chi connectivity index (χ1) is 13.4. The molecule has 3 aromatic rings. The van der Waals surface area contributed by atoms with Gasteiger partial charge in [-0.2, -0.15) is 5.10 Å². The Bertz CT molecular complexity index is 1050. The Morgan fingerprint density at radius 2 is 1.71 bits per heavy atom. The van der Waals surface area contributed by atoms with E-state index in [1.165, 1.54) is 18.4 Å². The van der Waals surface area contributed by atoms with Gasteiger partial charge in [-0.15, -0.1) is 22.7 Å². The Morgan fingerprint density at radius 3 is 2.36 bits per heavy atom. The van der Waals surface area contributed by atoms with Crippen molar-refractivity contribution >= 4 is 62.8 Å². The molecule has 0 atom stereocenters. The lowest BCUT2D eigenvalue weighted by molar-refractivity contribution is 0.0955. The number of hydrogen-bond donors (Lipinski definition) is 3. The molecule has 0 radical (unpaired) electrons. The molecule has 0 aliphatic rings. The molecule has 0 bridgehead atoms. The molecule has 0 fully saturated rings. The molecule has 0 aliphatic carbocycles. The molecule has 28 heavy (non-hydrogen) atoms. The van der Waals surface area contributed by atoms with Gasteiger partial charge in [-0.1, -0.05) is 12.1 Å². The van der Waals surface area contributed by atoms with Crippen molar-refractivity contribution in [2.24, 2.45) is 5.10 Å². The lowest BCUT2D eigenvalue weighted by Gasteiger charge is -2.03. The minimum absolute atomic E-state index is 0.139. The van der Waals surface area contributed by atoms with Gasteiger partial charge in [0.1, 0.15) is 5.75 Å². The van der Waals surface area contributed by atoms with Crippen LogP contribution in [0.15, 0.2) is 46.9 Å². The Kier molecular flexibility index (Phi) is 6.47. The predicted molar refractivity (Wildman–Crippen MR) is 122 cm³/mol. The summed E-state index contributed by atoms with van der Waals surface area (Å²) in [6.07, 6.45) is 0. The first kappa shape index (κ1) is 20.5. The number of carbonyl (C=O) groups excluding carboxylic acids is 2. The molecule has 2 heterocycles. The Labute approximate surface area is 183 Å². The summed E-state index contributed by atoms with van der Waals surface area (Å²) in [5.41, 5.74) is 4.45. The molecule has 2 amide bonds. The van der Waals surface area contributed by atoms with Gasteiger partial charge in [-0.25, -0.2) is 5.43 Å². The number of benzene rings is 1. The normalized spacial score (nSPS) is 11.3. The minimum atomic E-state index is -0.410. The molecule has 0 saturated heterocycles. The SMILES string of the molecule is CNC(=O)c1ccc(C(=O)N/N=C(\C)c2csc(-c3ccc(I)cc3)c2O)s1. The Balaban J connectivity index is 1.75. The van der Waals surface area contributed by atoms with Crippen LogP contribution in [-0.4, -0.2) is 29.7 Å². The van der Waals surface area contributed by atoms with E-state index in [4.69, 9.17) is 0 Å². The monoisotopic (exact) mass is 525 g/mol. The van der Waals surface area contributed by atoms with Crippen molar-refractivity contribution in [3.63, 3.8) is 0 Å². The molecule has 9 heteroatoms. The Morgan fingerprint density at radius 1 is 1.07 bits per heavy atom. The number of carbonyl (C=O) groups is 2. The van der Waals surface area contributed by atoms with Gasteiger partial charge in [0, 0.05) is 16.0 Å². The summed E-state index contributed by atoms with van der Waals surface area (Å²) in [5, 5.41) is 19.0. The average molecular weight is 525 g/mol. The molecule has 0 spiro atoms. The number of aromatic hydroxyl groups is 1. The predicted octanol–water partition coefficient (Wildman–Crippen LogP) is 4.30. The van der Waals surface area contributed by atoms with Crippen LogP contribution in [0.25, 0.3) is 10.4 Å². The molecular formula is C19H16IN3O3S2. The van der Waals surface area contributed by atoms with Gasteiger partial charge in [0.15, 0.2) is 0 Å². The zero-order valence-electron chi connectivity index (χ0n) is 14.9. The van der Waals surface area contributed by atoms with E-state index in [1.807, 2.05) is 29.6 Å². The molecule has 1 aromatic carbocycles. The second kappa shape index (κ2) is 8.84. The first-order valence-corrected chi connectivity index (χ1v) is 10.9. The second-order valence-electron chi connectivity index (χ2n) is 5.72. The number of hydrogen-bond acceptors (Lipinski definition) is 6. The molecule has 0 saturated carbocycles. The van der Waals surface area contributed by atoms with Crippen LogP contribution in [0.5, 0.6) is 5.75 Å². The number of thiophene rings is 2. The summed E-state index contributed by atoms with van der Waals surface area (Å²) in [6, 6.07) is 11.0. The molecule has 2 aromatic heterocycles. The van der Waals surface area contributed by atoms with Gasteiger partial charge >= 0.3 is 0 Å². The summed E-state index contributed by atoms with van der Waals surface area (Å²) in [4.78, 5) is 25.4. The maximum Gasteiger partial charge on any atom is 0.281 e. The molecule has 3 N–H and O–H groups in total. The molecule has 0 unspecified atom stereocenters. The quantitative estimate of drug-likeness (QED) is 0.264. The summed E-state index contributed by atoms with van der Waals surface area (Å²) in [7, 11) is 1.53.